The van der Waals surface area contributed by atoms with Crippen LogP contribution in [0.25, 0.3) is 22.5 Å². The highest BCUT2D eigenvalue weighted by Gasteiger charge is 2.44. The van der Waals surface area contributed by atoms with Gasteiger partial charge in [0.05, 0.1) is 30.1 Å². The number of nitrogens with zero attached hydrogens (tertiary/aromatic N) is 8. The zero-order valence-corrected chi connectivity index (χ0v) is 26.9. The number of anilines is 2. The van der Waals surface area contributed by atoms with E-state index in [1.807, 2.05) is 0 Å². The quantitative estimate of drug-likeness (QED) is 0.197. The van der Waals surface area contributed by atoms with Crippen LogP contribution in [0.4, 0.5) is 38.0 Å². The molecule has 3 aliphatic rings. The molecule has 4 aromatic rings. The second kappa shape index (κ2) is 12.4. The first-order chi connectivity index (χ1) is 23.7. The zero-order valence-electron chi connectivity index (χ0n) is 26.9. The predicted octanol–water partition coefficient (Wildman–Crippen LogP) is 6.98. The van der Waals surface area contributed by atoms with Gasteiger partial charge in [0.25, 0.3) is 5.91 Å². The number of nitriles is 1. The highest BCUT2D eigenvalue weighted by Crippen LogP contribution is 2.45. The highest BCUT2D eigenvalue weighted by molar-refractivity contribution is 6.10. The van der Waals surface area contributed by atoms with E-state index in [0.29, 0.717) is 18.4 Å². The summed E-state index contributed by atoms with van der Waals surface area (Å²) in [7, 11) is 1.61. The topological polar surface area (TPSA) is 116 Å². The fourth-order valence-corrected chi connectivity index (χ4v) is 6.72. The molecular weight excluding hydrogens is 664 g/mol. The number of fused-ring (bicyclic) bond motifs is 1. The Hall–Kier alpha value is -5.04. The number of piperidine rings is 1. The van der Waals surface area contributed by atoms with Gasteiger partial charge in [-0.1, -0.05) is 6.42 Å². The van der Waals surface area contributed by atoms with Gasteiger partial charge in [-0.2, -0.15) is 31.6 Å². The monoisotopic (exact) mass is 695 g/mol. The Morgan fingerprint density at radius 3 is 2.36 bits per heavy atom. The normalized spacial score (nSPS) is 17.5. The van der Waals surface area contributed by atoms with Gasteiger partial charge >= 0.3 is 12.4 Å². The van der Waals surface area contributed by atoms with Crippen LogP contribution in [0.1, 0.15) is 71.3 Å². The minimum atomic E-state index is -4.80. The number of aromatic nitrogens is 5. The summed E-state index contributed by atoms with van der Waals surface area (Å²) >= 11 is 0. The second-order valence-electron chi connectivity index (χ2n) is 13.1. The van der Waals surface area contributed by atoms with Crippen LogP contribution < -0.4 is 10.2 Å². The number of rotatable bonds is 8. The maximum atomic E-state index is 14.5. The van der Waals surface area contributed by atoms with Crippen LogP contribution in [-0.2, 0) is 32.5 Å². The molecule has 5 heterocycles. The predicted molar refractivity (Wildman–Crippen MR) is 169 cm³/mol. The Morgan fingerprint density at radius 1 is 0.960 bits per heavy atom. The lowest BCUT2D eigenvalue weighted by Gasteiger charge is -2.27. The van der Waals surface area contributed by atoms with Crippen molar-refractivity contribution < 1.29 is 31.1 Å². The van der Waals surface area contributed by atoms with Gasteiger partial charge in [0.15, 0.2) is 5.82 Å². The SMILES string of the molecule is Cn1cnnc1-c1cnc(C(F)(F)F)cc1-c1cc(NC2(CC#N)CC2)nc(N2Cc3c(cc(CN4CCCCC4)cc3C(F)(F)F)C2=O)c1. The molecule has 7 rings (SSSR count). The van der Waals surface area contributed by atoms with Gasteiger partial charge in [-0.15, -0.1) is 10.2 Å². The van der Waals surface area contributed by atoms with Gasteiger partial charge in [0.2, 0.25) is 0 Å². The maximum Gasteiger partial charge on any atom is 0.433 e. The third kappa shape index (κ3) is 6.49. The molecule has 1 amide bonds. The molecular formula is C34H31F6N9O. The van der Waals surface area contributed by atoms with Crippen molar-refractivity contribution in [3.8, 4) is 28.6 Å². The first kappa shape index (κ1) is 33.5. The molecule has 1 aromatic carbocycles. The van der Waals surface area contributed by atoms with Gasteiger partial charge in [0.1, 0.15) is 23.7 Å². The van der Waals surface area contributed by atoms with Crippen molar-refractivity contribution in [3.63, 3.8) is 0 Å². The number of hydrogen-bond acceptors (Lipinski definition) is 8. The molecule has 260 valence electrons. The van der Waals surface area contributed by atoms with E-state index < -0.39 is 41.6 Å². The molecule has 50 heavy (non-hydrogen) atoms. The Kier molecular flexibility index (Phi) is 8.28. The van der Waals surface area contributed by atoms with Crippen LogP contribution in [-0.4, -0.2) is 54.2 Å². The number of alkyl halides is 6. The van der Waals surface area contributed by atoms with E-state index in [0.717, 1.165) is 55.6 Å². The average Bonchev–Trinajstić information content (AvgIpc) is 3.54. The summed E-state index contributed by atoms with van der Waals surface area (Å²) in [5, 5.41) is 20.5. The van der Waals surface area contributed by atoms with E-state index in [2.05, 4.69) is 36.5 Å². The molecule has 3 aromatic heterocycles. The second-order valence-corrected chi connectivity index (χ2v) is 13.1. The smallest absolute Gasteiger partial charge is 0.364 e. The number of likely N-dealkylation sites (tertiary alicyclic amines) is 1. The summed E-state index contributed by atoms with van der Waals surface area (Å²) in [6.45, 7) is 1.31. The van der Waals surface area contributed by atoms with Crippen molar-refractivity contribution in [2.24, 2.45) is 7.05 Å². The van der Waals surface area contributed by atoms with E-state index in [4.69, 9.17) is 0 Å². The van der Waals surface area contributed by atoms with E-state index in [9.17, 15) is 36.4 Å². The van der Waals surface area contributed by atoms with Crippen molar-refractivity contribution in [1.82, 2.24) is 29.6 Å². The molecule has 1 saturated heterocycles. The van der Waals surface area contributed by atoms with Gasteiger partial charge in [-0.25, -0.2) is 4.98 Å². The van der Waals surface area contributed by atoms with Crippen LogP contribution in [0, 0.1) is 11.3 Å². The lowest BCUT2D eigenvalue weighted by atomic mass is 9.98. The van der Waals surface area contributed by atoms with Crippen LogP contribution in [0.15, 0.2) is 42.9 Å². The van der Waals surface area contributed by atoms with Crippen molar-refractivity contribution in [2.75, 3.05) is 23.3 Å². The van der Waals surface area contributed by atoms with Crippen LogP contribution >= 0.6 is 0 Å². The number of carbonyl (C=O) groups excluding carboxylic acids is 1. The lowest BCUT2D eigenvalue weighted by Crippen LogP contribution is -2.29. The molecule has 0 atom stereocenters. The van der Waals surface area contributed by atoms with Crippen molar-refractivity contribution in [1.29, 1.82) is 5.26 Å². The van der Waals surface area contributed by atoms with Gasteiger partial charge < -0.3 is 9.88 Å². The van der Waals surface area contributed by atoms with Crippen LogP contribution in [0.3, 0.4) is 0 Å². The highest BCUT2D eigenvalue weighted by atomic mass is 19.4. The number of nitrogens with one attached hydrogen (secondary N) is 1. The fourth-order valence-electron chi connectivity index (χ4n) is 6.72. The number of pyridine rings is 2. The molecule has 16 heteroatoms. The number of benzene rings is 1. The van der Waals surface area contributed by atoms with Crippen molar-refractivity contribution >= 4 is 17.5 Å². The van der Waals surface area contributed by atoms with Crippen molar-refractivity contribution in [3.05, 3.63) is 70.8 Å². The standard InChI is InChI=1S/C34H31F6N9O/c1-47-19-43-46-30(47)24-16-42-27(34(38,39)40)15-22(24)21-13-28(45-32(5-6-32)7-8-41)44-29(14-21)49-18-25-23(31(49)50)11-20(12-26(25)33(35,36)37)17-48-9-3-2-4-10-48/h11-16,19H,2-7,9-10,17-18H2,1H3,(H,44,45). The summed E-state index contributed by atoms with van der Waals surface area (Å²) in [5.74, 6) is -0.430. The Labute approximate surface area is 282 Å². The van der Waals surface area contributed by atoms with Gasteiger partial charge in [0, 0.05) is 30.9 Å². The van der Waals surface area contributed by atoms with Gasteiger partial charge in [-0.3, -0.25) is 19.6 Å². The molecule has 1 aliphatic carbocycles. The molecule has 0 bridgehead atoms. The van der Waals surface area contributed by atoms with Gasteiger partial charge in [-0.05, 0) is 91.4 Å². The van der Waals surface area contributed by atoms with Crippen LogP contribution in [0.5, 0.6) is 0 Å². The van der Waals surface area contributed by atoms with E-state index in [1.165, 1.54) is 29.1 Å². The Morgan fingerprint density at radius 2 is 1.72 bits per heavy atom. The minimum absolute atomic E-state index is 0.0317. The lowest BCUT2D eigenvalue weighted by molar-refractivity contribution is -0.141. The number of amides is 1. The molecule has 1 saturated carbocycles. The molecule has 0 spiro atoms. The zero-order chi connectivity index (χ0) is 35.4. The first-order valence-electron chi connectivity index (χ1n) is 16.1. The van der Waals surface area contributed by atoms with E-state index in [1.54, 1.807) is 7.05 Å². The van der Waals surface area contributed by atoms with E-state index in [-0.39, 0.29) is 58.2 Å². The summed E-state index contributed by atoms with van der Waals surface area (Å²) in [6, 6.07) is 8.43. The summed E-state index contributed by atoms with van der Waals surface area (Å²) < 4.78 is 87.0. The molecule has 10 nitrogen and oxygen atoms in total. The number of carbonyl (C=O) groups is 1. The Bertz CT molecular complexity index is 2010. The average molecular weight is 696 g/mol. The van der Waals surface area contributed by atoms with Crippen molar-refractivity contribution in [2.45, 2.75) is 69.5 Å². The largest absolute Gasteiger partial charge is 0.433 e. The molecule has 0 radical (unpaired) electrons. The third-order valence-electron chi connectivity index (χ3n) is 9.47. The summed E-state index contributed by atoms with van der Waals surface area (Å²) in [5.41, 5.74) is -2.26. The number of hydrogen-bond donors (Lipinski definition) is 1. The summed E-state index contributed by atoms with van der Waals surface area (Å²) in [4.78, 5) is 25.4. The maximum absolute atomic E-state index is 14.5. The van der Waals surface area contributed by atoms with Crippen LogP contribution in [0.2, 0.25) is 0 Å². The minimum Gasteiger partial charge on any atom is -0.364 e. The third-order valence-corrected chi connectivity index (χ3v) is 9.47. The molecule has 1 N–H and O–H groups in total. The van der Waals surface area contributed by atoms with E-state index >= 15 is 0 Å². The fraction of sp³-hybridized carbons (Fsp3) is 0.412. The molecule has 0 unspecified atom stereocenters. The number of halogens is 6. The number of aryl methyl sites for hydroxylation is 1. The first-order valence-corrected chi connectivity index (χ1v) is 16.1. The summed E-state index contributed by atoms with van der Waals surface area (Å²) in [6.07, 6.45) is -2.83. The molecule has 2 aliphatic heterocycles. The molecule has 2 fully saturated rings. The Balaban J connectivity index is 1.35.